The van der Waals surface area contributed by atoms with Gasteiger partial charge in [0.25, 0.3) is 0 Å². The SMILES string of the molecule is Cc1c2cc3ccc4cc5c(C)c6c(C)c7cc8ccc9cc%10c1c(C)c1c2c2c(=O)c(c%101)c9c8c1c(=O)c(c4c32)c5c6c71. The Hall–Kier alpha value is -5.34. The summed E-state index contributed by atoms with van der Waals surface area (Å²) in [7, 11) is 0. The van der Waals surface area contributed by atoms with Crippen molar-refractivity contribution in [2.24, 2.45) is 0 Å². The van der Waals surface area contributed by atoms with E-state index in [-0.39, 0.29) is 10.9 Å². The van der Waals surface area contributed by atoms with Crippen LogP contribution in [0.1, 0.15) is 22.3 Å². The molecular weight excluding hydrogens is 536 g/mol. The first-order valence-corrected chi connectivity index (χ1v) is 15.5. The van der Waals surface area contributed by atoms with E-state index in [1.54, 1.807) is 0 Å². The summed E-state index contributed by atoms with van der Waals surface area (Å²) in [6.07, 6.45) is 0. The molecule has 0 fully saturated rings. The van der Waals surface area contributed by atoms with E-state index in [9.17, 15) is 0 Å². The molecule has 0 aliphatic heterocycles. The molecule has 0 amide bonds. The second-order valence-electron chi connectivity index (χ2n) is 13.9. The van der Waals surface area contributed by atoms with Crippen LogP contribution in [0.3, 0.4) is 0 Å². The van der Waals surface area contributed by atoms with Gasteiger partial charge in [-0.2, -0.15) is 0 Å². The fourth-order valence-electron chi connectivity index (χ4n) is 10.8. The first-order chi connectivity index (χ1) is 21.4. The summed E-state index contributed by atoms with van der Waals surface area (Å²) in [5, 5.41) is 25.1. The van der Waals surface area contributed by atoms with Crippen molar-refractivity contribution in [1.29, 1.82) is 0 Å². The van der Waals surface area contributed by atoms with Crippen molar-refractivity contribution in [2.45, 2.75) is 27.7 Å². The molecule has 200 valence electrons. The number of rotatable bonds is 0. The van der Waals surface area contributed by atoms with Crippen molar-refractivity contribution in [1.82, 2.24) is 0 Å². The van der Waals surface area contributed by atoms with Gasteiger partial charge in [-0.05, 0) is 139 Å². The third-order valence-electron chi connectivity index (χ3n) is 12.3. The standard InChI is InChI=1S/C42H20O2/c1-13-21-9-17-5-6-18-10-22-14(2)26-15(3)23-11-19-7-8-20-12-24-25(13)16(4)27-32(21)37-28(17)29(18)38-33(22)36(26)34(23)39(42(38)44)30(19)31(20)40(35(24)27)41(37)43/h5-12H,1-4H3. The zero-order valence-electron chi connectivity index (χ0n) is 24.4. The van der Waals surface area contributed by atoms with Crippen LogP contribution in [0.25, 0.3) is 129 Å². The lowest BCUT2D eigenvalue weighted by Crippen LogP contribution is -2.09. The number of aryl methyl sites for hydroxylation is 4. The second-order valence-corrected chi connectivity index (χ2v) is 13.9. The van der Waals surface area contributed by atoms with Crippen LogP contribution in [0.4, 0.5) is 0 Å². The highest BCUT2D eigenvalue weighted by molar-refractivity contribution is 6.50. The lowest BCUT2D eigenvalue weighted by atomic mass is 9.83. The molecule has 0 unspecified atom stereocenters. The fourth-order valence-corrected chi connectivity index (χ4v) is 10.8. The largest absolute Gasteiger partial charge is 0.289 e. The summed E-state index contributed by atoms with van der Waals surface area (Å²) in [5.41, 5.74) is 5.22. The first kappa shape index (κ1) is 21.4. The van der Waals surface area contributed by atoms with E-state index in [1.807, 2.05) is 0 Å². The molecule has 13 aromatic carbocycles. The summed E-state index contributed by atoms with van der Waals surface area (Å²) in [4.78, 5) is 30.8. The number of hydrogen-bond donors (Lipinski definition) is 0. The minimum atomic E-state index is 0.107. The zero-order chi connectivity index (χ0) is 29.0. The summed E-state index contributed by atoms with van der Waals surface area (Å²) in [6, 6.07) is 17.9. The van der Waals surface area contributed by atoms with Crippen molar-refractivity contribution in [2.75, 3.05) is 0 Å². The lowest BCUT2D eigenvalue weighted by Gasteiger charge is -2.19. The van der Waals surface area contributed by atoms with Gasteiger partial charge in [0.2, 0.25) is 0 Å². The molecule has 0 saturated heterocycles. The van der Waals surface area contributed by atoms with E-state index in [0.717, 1.165) is 91.6 Å². The molecule has 2 nitrogen and oxygen atoms in total. The van der Waals surface area contributed by atoms with E-state index in [1.165, 1.54) is 60.0 Å². The van der Waals surface area contributed by atoms with Gasteiger partial charge in [0, 0.05) is 64.6 Å². The molecule has 0 atom stereocenters. The van der Waals surface area contributed by atoms with Crippen molar-refractivity contribution in [3.63, 3.8) is 0 Å². The average molecular weight is 557 g/mol. The maximum Gasteiger partial charge on any atom is 0.195 e. The van der Waals surface area contributed by atoms with Crippen LogP contribution >= 0.6 is 0 Å². The minimum Gasteiger partial charge on any atom is -0.289 e. The first-order valence-electron chi connectivity index (χ1n) is 15.5. The Morgan fingerprint density at radius 3 is 1.07 bits per heavy atom. The molecule has 0 spiro atoms. The predicted molar refractivity (Wildman–Crippen MR) is 189 cm³/mol. The molecule has 0 saturated carbocycles. The number of hydrogen-bond acceptors (Lipinski definition) is 2. The Morgan fingerprint density at radius 1 is 0.295 bits per heavy atom. The van der Waals surface area contributed by atoms with Gasteiger partial charge in [0.1, 0.15) is 0 Å². The van der Waals surface area contributed by atoms with Crippen LogP contribution in [0, 0.1) is 27.7 Å². The van der Waals surface area contributed by atoms with Crippen LogP contribution in [0.5, 0.6) is 0 Å². The predicted octanol–water partition coefficient (Wildman–Crippen LogP) is 10.4. The zero-order valence-corrected chi connectivity index (χ0v) is 24.4. The summed E-state index contributed by atoms with van der Waals surface area (Å²) in [5.74, 6) is 0. The molecule has 0 radical (unpaired) electrons. The van der Waals surface area contributed by atoms with E-state index in [4.69, 9.17) is 0 Å². The van der Waals surface area contributed by atoms with Crippen molar-refractivity contribution >= 4 is 129 Å². The van der Waals surface area contributed by atoms with Crippen molar-refractivity contribution in [3.8, 4) is 0 Å². The Kier molecular flexibility index (Phi) is 2.86. The van der Waals surface area contributed by atoms with Gasteiger partial charge >= 0.3 is 0 Å². The Balaban J connectivity index is 1.64. The average Bonchev–Trinajstić information content (AvgIpc) is 3.56. The van der Waals surface area contributed by atoms with E-state index < -0.39 is 0 Å². The molecule has 0 aliphatic carbocycles. The molecule has 44 heavy (non-hydrogen) atoms. The highest BCUT2D eigenvalue weighted by Crippen LogP contribution is 2.55. The van der Waals surface area contributed by atoms with Gasteiger partial charge < -0.3 is 0 Å². The van der Waals surface area contributed by atoms with Gasteiger partial charge in [-0.25, -0.2) is 0 Å². The van der Waals surface area contributed by atoms with Gasteiger partial charge in [0.05, 0.1) is 0 Å². The van der Waals surface area contributed by atoms with Gasteiger partial charge in [0.15, 0.2) is 10.9 Å². The third kappa shape index (κ3) is 1.72. The van der Waals surface area contributed by atoms with Crippen molar-refractivity contribution in [3.05, 3.63) is 91.2 Å². The molecule has 0 aromatic heterocycles. The number of fused-ring (bicyclic) bond motifs is 2. The van der Waals surface area contributed by atoms with Crippen LogP contribution in [-0.2, 0) is 0 Å². The molecule has 14 bridgehead atoms. The third-order valence-corrected chi connectivity index (χ3v) is 12.3. The highest BCUT2D eigenvalue weighted by Gasteiger charge is 2.32. The second kappa shape index (κ2) is 5.89. The molecule has 13 rings (SSSR count). The molecule has 0 N–H and O–H groups in total. The maximum atomic E-state index is 15.4. The quantitative estimate of drug-likeness (QED) is 0.138. The molecular formula is C42H20O2. The lowest BCUT2D eigenvalue weighted by molar-refractivity contribution is 1.55. The molecule has 0 aliphatic rings. The highest BCUT2D eigenvalue weighted by atomic mass is 16.1. The van der Waals surface area contributed by atoms with Gasteiger partial charge in [-0.1, -0.05) is 24.3 Å². The van der Waals surface area contributed by atoms with Crippen LogP contribution < -0.4 is 10.9 Å². The van der Waals surface area contributed by atoms with E-state index >= 15 is 9.59 Å². The monoisotopic (exact) mass is 556 g/mol. The summed E-state index contributed by atoms with van der Waals surface area (Å²) < 4.78 is 0. The molecule has 0 heterocycles. The van der Waals surface area contributed by atoms with Crippen LogP contribution in [0.2, 0.25) is 0 Å². The van der Waals surface area contributed by atoms with E-state index in [0.29, 0.717) is 0 Å². The molecule has 2 heteroatoms. The van der Waals surface area contributed by atoms with Crippen LogP contribution in [-0.4, -0.2) is 0 Å². The minimum absolute atomic E-state index is 0.107. The van der Waals surface area contributed by atoms with E-state index in [2.05, 4.69) is 76.2 Å². The van der Waals surface area contributed by atoms with Gasteiger partial charge in [-0.15, -0.1) is 0 Å². The Labute approximate surface area is 247 Å². The topological polar surface area (TPSA) is 34.1 Å². The number of benzene rings is 9. The van der Waals surface area contributed by atoms with Crippen LogP contribution in [0.15, 0.2) is 58.1 Å². The van der Waals surface area contributed by atoms with Crippen molar-refractivity contribution < 1.29 is 0 Å². The fraction of sp³-hybridized carbons (Fsp3) is 0.0952. The summed E-state index contributed by atoms with van der Waals surface area (Å²) in [6.45, 7) is 8.91. The smallest absolute Gasteiger partial charge is 0.195 e. The Bertz CT molecular complexity index is 3520. The Morgan fingerprint density at radius 2 is 0.636 bits per heavy atom. The molecule has 13 aromatic rings. The maximum absolute atomic E-state index is 15.4. The normalized spacial score (nSPS) is 14.1. The van der Waals surface area contributed by atoms with Gasteiger partial charge in [-0.3, -0.25) is 9.59 Å². The summed E-state index contributed by atoms with van der Waals surface area (Å²) >= 11 is 0.